The molecule has 3 nitrogen and oxygen atoms in total. The summed E-state index contributed by atoms with van der Waals surface area (Å²) in [6.07, 6.45) is 2.86. The molecule has 1 aliphatic carbocycles. The van der Waals surface area contributed by atoms with E-state index in [9.17, 15) is 0 Å². The highest BCUT2D eigenvalue weighted by atomic mass is 16.5. The average Bonchev–Trinajstić information content (AvgIpc) is 2.29. The van der Waals surface area contributed by atoms with Gasteiger partial charge < -0.3 is 10.1 Å². The SMILES string of the molecule is CC(C)(C#N)CNC1C2CCCOC2C1(C)C. The van der Waals surface area contributed by atoms with Gasteiger partial charge in [-0.15, -0.1) is 0 Å². The summed E-state index contributed by atoms with van der Waals surface area (Å²) in [5.41, 5.74) is -0.0761. The van der Waals surface area contributed by atoms with Crippen molar-refractivity contribution in [2.75, 3.05) is 13.2 Å². The monoisotopic (exact) mass is 236 g/mol. The van der Waals surface area contributed by atoms with Gasteiger partial charge in [0.25, 0.3) is 0 Å². The molecule has 17 heavy (non-hydrogen) atoms. The summed E-state index contributed by atoms with van der Waals surface area (Å²) < 4.78 is 5.88. The lowest BCUT2D eigenvalue weighted by atomic mass is 9.55. The van der Waals surface area contributed by atoms with Crippen LogP contribution < -0.4 is 5.32 Å². The number of fused-ring (bicyclic) bond motifs is 1. The van der Waals surface area contributed by atoms with E-state index in [1.807, 2.05) is 13.8 Å². The van der Waals surface area contributed by atoms with E-state index in [1.165, 1.54) is 12.8 Å². The van der Waals surface area contributed by atoms with Crippen molar-refractivity contribution in [3.8, 4) is 6.07 Å². The Morgan fingerprint density at radius 2 is 2.18 bits per heavy atom. The molecule has 96 valence electrons. The predicted octanol–water partition coefficient (Wildman–Crippen LogP) is 2.33. The summed E-state index contributed by atoms with van der Waals surface area (Å²) in [5.74, 6) is 0.647. The molecule has 1 heterocycles. The lowest BCUT2D eigenvalue weighted by molar-refractivity contribution is -0.193. The first-order chi connectivity index (χ1) is 7.88. The van der Waals surface area contributed by atoms with Gasteiger partial charge in [0.15, 0.2) is 0 Å². The van der Waals surface area contributed by atoms with Gasteiger partial charge in [0, 0.05) is 30.5 Å². The van der Waals surface area contributed by atoms with Crippen molar-refractivity contribution < 1.29 is 4.74 Å². The van der Waals surface area contributed by atoms with Crippen LogP contribution in [0, 0.1) is 28.1 Å². The van der Waals surface area contributed by atoms with E-state index < -0.39 is 0 Å². The summed E-state index contributed by atoms with van der Waals surface area (Å²) in [4.78, 5) is 0. The third-order valence-electron chi connectivity index (χ3n) is 4.40. The van der Waals surface area contributed by atoms with Gasteiger partial charge in [0.1, 0.15) is 0 Å². The van der Waals surface area contributed by atoms with Gasteiger partial charge in [0.2, 0.25) is 0 Å². The Bertz CT molecular complexity index is 330. The van der Waals surface area contributed by atoms with Crippen LogP contribution in [0.25, 0.3) is 0 Å². The third-order valence-corrected chi connectivity index (χ3v) is 4.40. The zero-order valence-electron chi connectivity index (χ0n) is 11.4. The first kappa shape index (κ1) is 12.9. The van der Waals surface area contributed by atoms with Crippen molar-refractivity contribution in [3.05, 3.63) is 0 Å². The van der Waals surface area contributed by atoms with Gasteiger partial charge in [-0.3, -0.25) is 0 Å². The largest absolute Gasteiger partial charge is 0.377 e. The van der Waals surface area contributed by atoms with Crippen LogP contribution in [0.3, 0.4) is 0 Å². The van der Waals surface area contributed by atoms with Crippen LogP contribution in [0.15, 0.2) is 0 Å². The Morgan fingerprint density at radius 1 is 1.47 bits per heavy atom. The maximum Gasteiger partial charge on any atom is 0.0697 e. The van der Waals surface area contributed by atoms with Gasteiger partial charge in [0.05, 0.1) is 17.6 Å². The smallest absolute Gasteiger partial charge is 0.0697 e. The average molecular weight is 236 g/mol. The minimum atomic E-state index is -0.281. The topological polar surface area (TPSA) is 45.0 Å². The van der Waals surface area contributed by atoms with Crippen molar-refractivity contribution in [1.82, 2.24) is 5.32 Å². The number of nitrogens with zero attached hydrogens (tertiary/aromatic N) is 1. The van der Waals surface area contributed by atoms with Gasteiger partial charge in [-0.2, -0.15) is 5.26 Å². The van der Waals surface area contributed by atoms with Gasteiger partial charge in [-0.1, -0.05) is 13.8 Å². The number of hydrogen-bond acceptors (Lipinski definition) is 3. The lowest BCUT2D eigenvalue weighted by Gasteiger charge is -2.60. The summed E-state index contributed by atoms with van der Waals surface area (Å²) in [6, 6.07) is 2.85. The molecule has 3 heteroatoms. The predicted molar refractivity (Wildman–Crippen MR) is 67.4 cm³/mol. The molecule has 3 atom stereocenters. The Balaban J connectivity index is 1.95. The fourth-order valence-corrected chi connectivity index (χ4v) is 3.34. The highest BCUT2D eigenvalue weighted by Gasteiger charge is 2.57. The number of rotatable bonds is 3. The van der Waals surface area contributed by atoms with Crippen molar-refractivity contribution in [1.29, 1.82) is 5.26 Å². The van der Waals surface area contributed by atoms with E-state index in [0.717, 1.165) is 13.2 Å². The molecule has 0 amide bonds. The number of hydrogen-bond donors (Lipinski definition) is 1. The molecular formula is C14H24N2O. The zero-order chi connectivity index (χ0) is 12.7. The Morgan fingerprint density at radius 3 is 2.82 bits per heavy atom. The van der Waals surface area contributed by atoms with Crippen LogP contribution in [-0.2, 0) is 4.74 Å². The first-order valence-corrected chi connectivity index (χ1v) is 6.65. The van der Waals surface area contributed by atoms with E-state index in [1.54, 1.807) is 0 Å². The molecule has 0 spiro atoms. The fraction of sp³-hybridized carbons (Fsp3) is 0.929. The molecule has 2 fully saturated rings. The summed E-state index contributed by atoms with van der Waals surface area (Å²) in [7, 11) is 0. The quantitative estimate of drug-likeness (QED) is 0.818. The molecule has 3 unspecified atom stereocenters. The highest BCUT2D eigenvalue weighted by molar-refractivity contribution is 5.11. The van der Waals surface area contributed by atoms with Crippen LogP contribution in [0.2, 0.25) is 0 Å². The molecule has 0 radical (unpaired) electrons. The molecular weight excluding hydrogens is 212 g/mol. The molecule has 1 aliphatic heterocycles. The first-order valence-electron chi connectivity index (χ1n) is 6.65. The fourth-order valence-electron chi connectivity index (χ4n) is 3.34. The second-order valence-corrected chi connectivity index (χ2v) is 6.77. The maximum atomic E-state index is 9.05. The molecule has 1 N–H and O–H groups in total. The van der Waals surface area contributed by atoms with E-state index in [2.05, 4.69) is 25.2 Å². The van der Waals surface area contributed by atoms with Crippen LogP contribution >= 0.6 is 0 Å². The van der Waals surface area contributed by atoms with E-state index >= 15 is 0 Å². The lowest BCUT2D eigenvalue weighted by Crippen LogP contribution is -2.69. The van der Waals surface area contributed by atoms with E-state index in [4.69, 9.17) is 10.00 Å². The van der Waals surface area contributed by atoms with Crippen LogP contribution in [-0.4, -0.2) is 25.3 Å². The molecule has 2 rings (SSSR count). The van der Waals surface area contributed by atoms with Crippen LogP contribution in [0.1, 0.15) is 40.5 Å². The van der Waals surface area contributed by atoms with Crippen molar-refractivity contribution >= 4 is 0 Å². The minimum Gasteiger partial charge on any atom is -0.377 e. The number of nitrogens with one attached hydrogen (secondary N) is 1. The Kier molecular flexibility index (Phi) is 3.22. The Hall–Kier alpha value is -0.590. The van der Waals surface area contributed by atoms with E-state index in [0.29, 0.717) is 18.1 Å². The zero-order valence-corrected chi connectivity index (χ0v) is 11.4. The van der Waals surface area contributed by atoms with Crippen molar-refractivity contribution in [2.24, 2.45) is 16.7 Å². The standard InChI is InChI=1S/C14H24N2O/c1-13(2,8-15)9-16-11-10-6-5-7-17-12(10)14(11,3)4/h10-12,16H,5-7,9H2,1-4H3. The van der Waals surface area contributed by atoms with Crippen LogP contribution in [0.4, 0.5) is 0 Å². The van der Waals surface area contributed by atoms with Gasteiger partial charge >= 0.3 is 0 Å². The normalized spacial score (nSPS) is 35.6. The molecule has 0 bridgehead atoms. The molecule has 0 aromatic heterocycles. The second kappa shape index (κ2) is 4.26. The van der Waals surface area contributed by atoms with Crippen molar-refractivity contribution in [3.63, 3.8) is 0 Å². The molecule has 1 saturated carbocycles. The second-order valence-electron chi connectivity index (χ2n) is 6.77. The molecule has 0 aromatic rings. The Labute approximate surface area is 105 Å². The maximum absolute atomic E-state index is 9.05. The minimum absolute atomic E-state index is 0.205. The van der Waals surface area contributed by atoms with Gasteiger partial charge in [-0.25, -0.2) is 0 Å². The molecule has 0 aromatic carbocycles. The third kappa shape index (κ3) is 2.21. The molecule has 1 saturated heterocycles. The van der Waals surface area contributed by atoms with E-state index in [-0.39, 0.29) is 10.8 Å². The summed E-state index contributed by atoms with van der Waals surface area (Å²) in [5, 5.41) is 12.6. The number of nitriles is 1. The number of ether oxygens (including phenoxy) is 1. The van der Waals surface area contributed by atoms with Crippen LogP contribution in [0.5, 0.6) is 0 Å². The van der Waals surface area contributed by atoms with Gasteiger partial charge in [-0.05, 0) is 26.7 Å². The highest BCUT2D eigenvalue weighted by Crippen LogP contribution is 2.51. The van der Waals surface area contributed by atoms with Crippen molar-refractivity contribution in [2.45, 2.75) is 52.7 Å². The summed E-state index contributed by atoms with van der Waals surface area (Å²) >= 11 is 0. The summed E-state index contributed by atoms with van der Waals surface area (Å²) in [6.45, 7) is 10.2. The molecule has 2 aliphatic rings.